The maximum absolute atomic E-state index is 12.7. The standard InChI is InChI=1S/C22H26N4O2/c1-22(2,3)25-21(28)19-24-18(17-13-7-8-15-26(17)19)20(27)23-14-9-12-16-10-5-4-6-11-16/h4-8,10-11,13,15H,9,12,14H2,1-3H3,(H,23,27)(H,25,28). The summed E-state index contributed by atoms with van der Waals surface area (Å²) in [6.45, 7) is 6.26. The molecular formula is C22H26N4O2. The van der Waals surface area contributed by atoms with Gasteiger partial charge in [-0.1, -0.05) is 36.4 Å². The van der Waals surface area contributed by atoms with Crippen molar-refractivity contribution >= 4 is 17.3 Å². The van der Waals surface area contributed by atoms with Crippen LogP contribution in [0.2, 0.25) is 0 Å². The molecule has 3 rings (SSSR count). The van der Waals surface area contributed by atoms with Crippen molar-refractivity contribution in [3.8, 4) is 0 Å². The molecule has 0 aliphatic rings. The second-order valence-electron chi connectivity index (χ2n) is 7.79. The van der Waals surface area contributed by atoms with E-state index in [2.05, 4.69) is 27.8 Å². The average molecular weight is 378 g/mol. The molecule has 1 aromatic carbocycles. The molecule has 0 bridgehead atoms. The molecule has 0 aliphatic carbocycles. The summed E-state index contributed by atoms with van der Waals surface area (Å²) in [4.78, 5) is 29.6. The van der Waals surface area contributed by atoms with E-state index in [0.717, 1.165) is 12.8 Å². The Morgan fingerprint density at radius 3 is 2.43 bits per heavy atom. The zero-order chi connectivity index (χ0) is 20.1. The number of carbonyl (C=O) groups is 2. The van der Waals surface area contributed by atoms with Crippen LogP contribution in [0.3, 0.4) is 0 Å². The van der Waals surface area contributed by atoms with Gasteiger partial charge in [0.15, 0.2) is 5.69 Å². The molecule has 0 spiro atoms. The molecule has 0 aliphatic heterocycles. The highest BCUT2D eigenvalue weighted by atomic mass is 16.2. The Morgan fingerprint density at radius 2 is 1.71 bits per heavy atom. The summed E-state index contributed by atoms with van der Waals surface area (Å²) >= 11 is 0. The SMILES string of the molecule is CC(C)(C)NC(=O)c1nc(C(=O)NCCCc2ccccc2)c2ccccn12. The summed E-state index contributed by atoms with van der Waals surface area (Å²) in [6.07, 6.45) is 3.47. The lowest BCUT2D eigenvalue weighted by Crippen LogP contribution is -2.41. The van der Waals surface area contributed by atoms with Gasteiger partial charge in [0.25, 0.3) is 11.8 Å². The van der Waals surface area contributed by atoms with Gasteiger partial charge in [-0.25, -0.2) is 4.98 Å². The first-order valence-electron chi connectivity index (χ1n) is 9.47. The predicted molar refractivity (Wildman–Crippen MR) is 110 cm³/mol. The Morgan fingerprint density at radius 1 is 1.00 bits per heavy atom. The number of hydrogen-bond donors (Lipinski definition) is 2. The Kier molecular flexibility index (Phi) is 5.78. The van der Waals surface area contributed by atoms with Crippen LogP contribution in [0.4, 0.5) is 0 Å². The molecule has 28 heavy (non-hydrogen) atoms. The molecule has 3 aromatic rings. The first kappa shape index (κ1) is 19.6. The minimum atomic E-state index is -0.391. The summed E-state index contributed by atoms with van der Waals surface area (Å²) in [5.41, 5.74) is 1.73. The number of nitrogens with zero attached hydrogens (tertiary/aromatic N) is 2. The summed E-state index contributed by atoms with van der Waals surface area (Å²) in [6, 6.07) is 15.6. The van der Waals surface area contributed by atoms with E-state index in [1.807, 2.05) is 51.1 Å². The minimum Gasteiger partial charge on any atom is -0.351 e. The fraction of sp³-hybridized carbons (Fsp3) is 0.318. The Labute approximate surface area is 165 Å². The van der Waals surface area contributed by atoms with E-state index in [1.54, 1.807) is 16.7 Å². The van der Waals surface area contributed by atoms with Crippen LogP contribution in [0, 0.1) is 0 Å². The molecule has 6 heteroatoms. The summed E-state index contributed by atoms with van der Waals surface area (Å²) in [5, 5.41) is 5.81. The van der Waals surface area contributed by atoms with Crippen molar-refractivity contribution in [2.45, 2.75) is 39.2 Å². The van der Waals surface area contributed by atoms with Gasteiger partial charge >= 0.3 is 0 Å². The van der Waals surface area contributed by atoms with Gasteiger partial charge in [-0.15, -0.1) is 0 Å². The van der Waals surface area contributed by atoms with Gasteiger partial charge in [0.1, 0.15) is 0 Å². The van der Waals surface area contributed by atoms with Gasteiger partial charge in [-0.2, -0.15) is 0 Å². The van der Waals surface area contributed by atoms with Gasteiger partial charge in [-0.05, 0) is 51.3 Å². The molecule has 0 fully saturated rings. The highest BCUT2D eigenvalue weighted by Crippen LogP contribution is 2.14. The normalized spacial score (nSPS) is 11.4. The fourth-order valence-electron chi connectivity index (χ4n) is 2.98. The maximum Gasteiger partial charge on any atom is 0.288 e. The highest BCUT2D eigenvalue weighted by molar-refractivity contribution is 6.02. The quantitative estimate of drug-likeness (QED) is 0.647. The lowest BCUT2D eigenvalue weighted by Gasteiger charge is -2.19. The van der Waals surface area contributed by atoms with E-state index in [9.17, 15) is 9.59 Å². The van der Waals surface area contributed by atoms with Crippen LogP contribution < -0.4 is 10.6 Å². The number of fused-ring (bicyclic) bond motifs is 1. The first-order chi connectivity index (χ1) is 13.3. The second-order valence-corrected chi connectivity index (χ2v) is 7.79. The number of hydrogen-bond acceptors (Lipinski definition) is 3. The van der Waals surface area contributed by atoms with E-state index in [0.29, 0.717) is 12.1 Å². The second kappa shape index (κ2) is 8.25. The lowest BCUT2D eigenvalue weighted by atomic mass is 10.1. The zero-order valence-corrected chi connectivity index (χ0v) is 16.5. The van der Waals surface area contributed by atoms with Crippen LogP contribution >= 0.6 is 0 Å². The van der Waals surface area contributed by atoms with Crippen molar-refractivity contribution in [2.75, 3.05) is 6.54 Å². The van der Waals surface area contributed by atoms with Gasteiger partial charge in [0.05, 0.1) is 5.52 Å². The number of rotatable bonds is 6. The van der Waals surface area contributed by atoms with E-state index in [-0.39, 0.29) is 23.3 Å². The van der Waals surface area contributed by atoms with Crippen molar-refractivity contribution in [1.29, 1.82) is 0 Å². The Balaban J connectivity index is 1.71. The smallest absolute Gasteiger partial charge is 0.288 e. The zero-order valence-electron chi connectivity index (χ0n) is 16.5. The average Bonchev–Trinajstić information content (AvgIpc) is 3.05. The minimum absolute atomic E-state index is 0.208. The molecule has 0 unspecified atom stereocenters. The predicted octanol–water partition coefficient (Wildman–Crippen LogP) is 3.23. The number of aromatic nitrogens is 2. The van der Waals surface area contributed by atoms with E-state index < -0.39 is 5.54 Å². The van der Waals surface area contributed by atoms with Crippen molar-refractivity contribution in [3.05, 3.63) is 71.8 Å². The van der Waals surface area contributed by atoms with Crippen molar-refractivity contribution in [2.24, 2.45) is 0 Å². The van der Waals surface area contributed by atoms with Gasteiger partial charge in [0, 0.05) is 18.3 Å². The molecule has 0 atom stereocenters. The third kappa shape index (κ3) is 4.76. The summed E-state index contributed by atoms with van der Waals surface area (Å²) in [7, 11) is 0. The molecule has 0 radical (unpaired) electrons. The number of carbonyl (C=O) groups excluding carboxylic acids is 2. The van der Waals surface area contributed by atoms with Crippen LogP contribution in [0.15, 0.2) is 54.7 Å². The summed E-state index contributed by atoms with van der Waals surface area (Å²) < 4.78 is 1.65. The van der Waals surface area contributed by atoms with Crippen molar-refractivity contribution < 1.29 is 9.59 Å². The lowest BCUT2D eigenvalue weighted by molar-refractivity contribution is 0.0908. The monoisotopic (exact) mass is 378 g/mol. The van der Waals surface area contributed by atoms with Gasteiger partial charge in [-0.3, -0.25) is 14.0 Å². The molecule has 2 heterocycles. The Bertz CT molecular complexity index is 971. The molecule has 0 saturated carbocycles. The topological polar surface area (TPSA) is 75.5 Å². The molecule has 6 nitrogen and oxygen atoms in total. The molecular weight excluding hydrogens is 352 g/mol. The third-order valence-electron chi connectivity index (χ3n) is 4.23. The van der Waals surface area contributed by atoms with Crippen LogP contribution in [-0.2, 0) is 6.42 Å². The number of pyridine rings is 1. The van der Waals surface area contributed by atoms with Crippen LogP contribution in [0.25, 0.3) is 5.52 Å². The summed E-state index contributed by atoms with van der Waals surface area (Å²) in [5.74, 6) is -0.372. The molecule has 2 N–H and O–H groups in total. The molecule has 146 valence electrons. The molecule has 2 aromatic heterocycles. The van der Waals surface area contributed by atoms with Crippen LogP contribution in [0.5, 0.6) is 0 Å². The van der Waals surface area contributed by atoms with E-state index >= 15 is 0 Å². The molecule has 0 saturated heterocycles. The first-order valence-corrected chi connectivity index (χ1v) is 9.47. The number of aryl methyl sites for hydroxylation is 1. The van der Waals surface area contributed by atoms with Crippen LogP contribution in [-0.4, -0.2) is 33.3 Å². The Hall–Kier alpha value is -3.15. The van der Waals surface area contributed by atoms with Crippen molar-refractivity contribution in [3.63, 3.8) is 0 Å². The fourth-order valence-corrected chi connectivity index (χ4v) is 2.98. The number of nitrogens with one attached hydrogen (secondary N) is 2. The number of amides is 2. The van der Waals surface area contributed by atoms with Gasteiger partial charge in [0.2, 0.25) is 5.82 Å². The number of imidazole rings is 1. The maximum atomic E-state index is 12.7. The number of benzene rings is 1. The van der Waals surface area contributed by atoms with Crippen LogP contribution in [0.1, 0.15) is 53.9 Å². The highest BCUT2D eigenvalue weighted by Gasteiger charge is 2.23. The molecule has 2 amide bonds. The van der Waals surface area contributed by atoms with E-state index in [4.69, 9.17) is 0 Å². The van der Waals surface area contributed by atoms with E-state index in [1.165, 1.54) is 5.56 Å². The van der Waals surface area contributed by atoms with Crippen molar-refractivity contribution in [1.82, 2.24) is 20.0 Å². The largest absolute Gasteiger partial charge is 0.351 e. The third-order valence-corrected chi connectivity index (χ3v) is 4.23. The van der Waals surface area contributed by atoms with Gasteiger partial charge < -0.3 is 10.6 Å².